The highest BCUT2D eigenvalue weighted by molar-refractivity contribution is 7.09. The van der Waals surface area contributed by atoms with Gasteiger partial charge < -0.3 is 5.32 Å². The van der Waals surface area contributed by atoms with Crippen LogP contribution in [0.2, 0.25) is 0 Å². The molecule has 2 aromatic rings. The molecule has 6 nitrogen and oxygen atoms in total. The van der Waals surface area contributed by atoms with E-state index in [0.29, 0.717) is 6.54 Å². The van der Waals surface area contributed by atoms with Gasteiger partial charge in [0.05, 0.1) is 17.7 Å². The first-order valence-electron chi connectivity index (χ1n) is 5.79. The Kier molecular flexibility index (Phi) is 4.03. The quantitative estimate of drug-likeness (QED) is 0.857. The summed E-state index contributed by atoms with van der Waals surface area (Å²) in [6.07, 6.45) is 1.77. The molecule has 0 aliphatic carbocycles. The number of carbonyl (C=O) groups excluding carboxylic acids is 1. The summed E-state index contributed by atoms with van der Waals surface area (Å²) < 4.78 is 0. The lowest BCUT2D eigenvalue weighted by molar-refractivity contribution is 0.0941. The zero-order valence-electron chi connectivity index (χ0n) is 10.4. The number of H-pyrrole nitrogens is 1. The molecule has 2 heterocycles. The van der Waals surface area contributed by atoms with Gasteiger partial charge in [-0.15, -0.1) is 16.4 Å². The number of aryl methyl sites for hydroxylation is 2. The van der Waals surface area contributed by atoms with Crippen molar-refractivity contribution in [3.8, 4) is 0 Å². The number of hydrogen-bond donors (Lipinski definition) is 2. The van der Waals surface area contributed by atoms with Crippen molar-refractivity contribution in [1.29, 1.82) is 0 Å². The molecule has 2 aromatic heterocycles. The van der Waals surface area contributed by atoms with Gasteiger partial charge in [-0.3, -0.25) is 9.89 Å². The Bertz CT molecular complexity index is 533. The number of aromatic nitrogens is 4. The SMILES string of the molecule is CCCc1nc(C(=O)NCc2scnc2C)n[nH]1. The summed E-state index contributed by atoms with van der Waals surface area (Å²) in [6, 6.07) is 0. The topological polar surface area (TPSA) is 83.6 Å². The molecule has 0 bridgehead atoms. The van der Waals surface area contributed by atoms with E-state index in [0.717, 1.165) is 29.2 Å². The van der Waals surface area contributed by atoms with Crippen molar-refractivity contribution in [3.63, 3.8) is 0 Å². The van der Waals surface area contributed by atoms with Crippen LogP contribution in [0, 0.1) is 6.92 Å². The molecule has 0 atom stereocenters. The molecule has 7 heteroatoms. The minimum absolute atomic E-state index is 0.195. The largest absolute Gasteiger partial charge is 0.344 e. The van der Waals surface area contributed by atoms with Gasteiger partial charge in [0.2, 0.25) is 5.82 Å². The Labute approximate surface area is 109 Å². The minimum atomic E-state index is -0.263. The predicted octanol–water partition coefficient (Wildman–Crippen LogP) is 1.45. The maximum Gasteiger partial charge on any atom is 0.291 e. The van der Waals surface area contributed by atoms with Crippen LogP contribution >= 0.6 is 11.3 Å². The number of nitrogens with one attached hydrogen (secondary N) is 2. The summed E-state index contributed by atoms with van der Waals surface area (Å²) >= 11 is 1.53. The van der Waals surface area contributed by atoms with Gasteiger partial charge in [-0.05, 0) is 13.3 Å². The van der Waals surface area contributed by atoms with E-state index in [1.807, 2.05) is 6.92 Å². The zero-order valence-corrected chi connectivity index (χ0v) is 11.2. The second kappa shape index (κ2) is 5.72. The first-order valence-corrected chi connectivity index (χ1v) is 6.67. The smallest absolute Gasteiger partial charge is 0.291 e. The van der Waals surface area contributed by atoms with Crippen molar-refractivity contribution in [1.82, 2.24) is 25.5 Å². The standard InChI is InChI=1S/C11H15N5OS/c1-3-4-9-14-10(16-15-9)11(17)12-5-8-7(2)13-6-18-8/h6H,3-5H2,1-2H3,(H,12,17)(H,14,15,16). The first kappa shape index (κ1) is 12.7. The lowest BCUT2D eigenvalue weighted by atomic mass is 10.3. The summed E-state index contributed by atoms with van der Waals surface area (Å²) in [5.74, 6) is 0.679. The summed E-state index contributed by atoms with van der Waals surface area (Å²) in [4.78, 5) is 21.1. The average Bonchev–Trinajstić information content (AvgIpc) is 2.96. The molecule has 0 saturated heterocycles. The number of rotatable bonds is 5. The van der Waals surface area contributed by atoms with Crippen molar-refractivity contribution in [2.75, 3.05) is 0 Å². The van der Waals surface area contributed by atoms with Crippen LogP contribution in [0.5, 0.6) is 0 Å². The molecule has 0 aliphatic heterocycles. The Morgan fingerprint density at radius 1 is 1.56 bits per heavy atom. The number of hydrogen-bond acceptors (Lipinski definition) is 5. The molecule has 0 radical (unpaired) electrons. The van der Waals surface area contributed by atoms with Crippen LogP contribution < -0.4 is 5.32 Å². The average molecular weight is 265 g/mol. The lowest BCUT2D eigenvalue weighted by Crippen LogP contribution is -2.24. The van der Waals surface area contributed by atoms with Crippen LogP contribution in [0.4, 0.5) is 0 Å². The van der Waals surface area contributed by atoms with E-state index >= 15 is 0 Å². The summed E-state index contributed by atoms with van der Waals surface area (Å²) in [6.45, 7) is 4.44. The second-order valence-electron chi connectivity index (χ2n) is 3.90. The number of amides is 1. The Morgan fingerprint density at radius 3 is 3.06 bits per heavy atom. The van der Waals surface area contributed by atoms with Crippen LogP contribution in [0.15, 0.2) is 5.51 Å². The van der Waals surface area contributed by atoms with E-state index in [1.54, 1.807) is 5.51 Å². The van der Waals surface area contributed by atoms with E-state index in [2.05, 4.69) is 32.4 Å². The lowest BCUT2D eigenvalue weighted by Gasteiger charge is -2.00. The second-order valence-corrected chi connectivity index (χ2v) is 4.84. The summed E-state index contributed by atoms with van der Waals surface area (Å²) in [5, 5.41) is 9.44. The fraction of sp³-hybridized carbons (Fsp3) is 0.455. The summed E-state index contributed by atoms with van der Waals surface area (Å²) in [7, 11) is 0. The molecule has 0 aliphatic rings. The predicted molar refractivity (Wildman–Crippen MR) is 68.4 cm³/mol. The normalized spacial score (nSPS) is 10.6. The highest BCUT2D eigenvalue weighted by Crippen LogP contribution is 2.11. The molecule has 2 N–H and O–H groups in total. The van der Waals surface area contributed by atoms with E-state index in [4.69, 9.17) is 0 Å². The zero-order chi connectivity index (χ0) is 13.0. The number of thiazole rings is 1. The molecule has 18 heavy (non-hydrogen) atoms. The van der Waals surface area contributed by atoms with Gasteiger partial charge in [0.25, 0.3) is 5.91 Å². The van der Waals surface area contributed by atoms with E-state index in [1.165, 1.54) is 11.3 Å². The van der Waals surface area contributed by atoms with E-state index in [-0.39, 0.29) is 11.7 Å². The number of aromatic amines is 1. The van der Waals surface area contributed by atoms with E-state index < -0.39 is 0 Å². The van der Waals surface area contributed by atoms with Crippen LogP contribution in [-0.2, 0) is 13.0 Å². The Balaban J connectivity index is 1.93. The number of nitrogens with zero attached hydrogens (tertiary/aromatic N) is 3. The van der Waals surface area contributed by atoms with Crippen LogP contribution in [0.25, 0.3) is 0 Å². The third-order valence-electron chi connectivity index (χ3n) is 2.48. The van der Waals surface area contributed by atoms with Gasteiger partial charge in [-0.25, -0.2) is 9.97 Å². The van der Waals surface area contributed by atoms with Gasteiger partial charge >= 0.3 is 0 Å². The molecule has 96 valence electrons. The van der Waals surface area contributed by atoms with Gasteiger partial charge in [0.1, 0.15) is 5.82 Å². The highest BCUT2D eigenvalue weighted by Gasteiger charge is 2.12. The van der Waals surface area contributed by atoms with Gasteiger partial charge in [-0.1, -0.05) is 6.92 Å². The molecule has 1 amide bonds. The van der Waals surface area contributed by atoms with Crippen molar-refractivity contribution < 1.29 is 4.79 Å². The van der Waals surface area contributed by atoms with Crippen LogP contribution in [0.1, 0.15) is 40.4 Å². The van der Waals surface area contributed by atoms with Crippen molar-refractivity contribution in [3.05, 3.63) is 27.7 Å². The fourth-order valence-corrected chi connectivity index (χ4v) is 2.20. The Hall–Kier alpha value is -1.76. The molecular formula is C11H15N5OS. The van der Waals surface area contributed by atoms with Gasteiger partial charge in [-0.2, -0.15) is 0 Å². The van der Waals surface area contributed by atoms with Crippen molar-refractivity contribution >= 4 is 17.2 Å². The molecular weight excluding hydrogens is 250 g/mol. The molecule has 0 unspecified atom stereocenters. The monoisotopic (exact) mass is 265 g/mol. The minimum Gasteiger partial charge on any atom is -0.344 e. The third kappa shape index (κ3) is 2.92. The maximum absolute atomic E-state index is 11.8. The Morgan fingerprint density at radius 2 is 2.39 bits per heavy atom. The molecule has 0 fully saturated rings. The molecule has 2 rings (SSSR count). The first-order chi connectivity index (χ1) is 8.70. The van der Waals surface area contributed by atoms with Gasteiger partial charge in [0.15, 0.2) is 0 Å². The van der Waals surface area contributed by atoms with Gasteiger partial charge in [0, 0.05) is 11.3 Å². The van der Waals surface area contributed by atoms with Crippen LogP contribution in [-0.4, -0.2) is 26.1 Å². The van der Waals surface area contributed by atoms with Crippen molar-refractivity contribution in [2.45, 2.75) is 33.2 Å². The van der Waals surface area contributed by atoms with Crippen molar-refractivity contribution in [2.24, 2.45) is 0 Å². The summed E-state index contributed by atoms with van der Waals surface area (Å²) in [5.41, 5.74) is 2.71. The highest BCUT2D eigenvalue weighted by atomic mass is 32.1. The maximum atomic E-state index is 11.8. The van der Waals surface area contributed by atoms with E-state index in [9.17, 15) is 4.79 Å². The molecule has 0 saturated carbocycles. The third-order valence-corrected chi connectivity index (χ3v) is 3.41. The molecule has 0 aromatic carbocycles. The number of carbonyl (C=O) groups is 1. The fourth-order valence-electron chi connectivity index (χ4n) is 1.48. The molecule has 0 spiro atoms. The van der Waals surface area contributed by atoms with Crippen LogP contribution in [0.3, 0.4) is 0 Å².